The molecule has 1 unspecified atom stereocenters. The zero-order valence-corrected chi connectivity index (χ0v) is 19.3. The molecule has 5 nitrogen and oxygen atoms in total. The van der Waals surface area contributed by atoms with E-state index in [-0.39, 0.29) is 23.3 Å². The molecule has 1 atom stereocenters. The van der Waals surface area contributed by atoms with Crippen molar-refractivity contribution in [2.75, 3.05) is 5.75 Å². The number of thioether (sulfide) groups is 1. The van der Waals surface area contributed by atoms with Crippen LogP contribution in [0.15, 0.2) is 34.2 Å². The molecule has 2 heterocycles. The number of aryl methyl sites for hydroxylation is 3. The van der Waals surface area contributed by atoms with Crippen LogP contribution in [0.5, 0.6) is 0 Å². The standard InChI is InChI=1S/C23H27N3O2S2/c1-4-26-22(28)20-17-11-7-8-12-18(17)30-21(20)25-23(26)29-13-19(27)24-15(3)16-10-6-5-9-14(16)2/h5-6,9-10,15H,4,7-8,11-13H2,1-3H3,(H,24,27). The van der Waals surface area contributed by atoms with Crippen molar-refractivity contribution in [3.05, 3.63) is 56.2 Å². The highest BCUT2D eigenvalue weighted by molar-refractivity contribution is 7.99. The van der Waals surface area contributed by atoms with Crippen molar-refractivity contribution in [3.63, 3.8) is 0 Å². The number of benzene rings is 1. The summed E-state index contributed by atoms with van der Waals surface area (Å²) in [6.45, 7) is 6.55. The van der Waals surface area contributed by atoms with Crippen LogP contribution in [0.2, 0.25) is 0 Å². The van der Waals surface area contributed by atoms with E-state index in [9.17, 15) is 9.59 Å². The maximum atomic E-state index is 13.2. The molecule has 2 aromatic heterocycles. The lowest BCUT2D eigenvalue weighted by molar-refractivity contribution is -0.119. The number of hydrogen-bond acceptors (Lipinski definition) is 5. The van der Waals surface area contributed by atoms with Crippen molar-refractivity contribution in [2.24, 2.45) is 0 Å². The fourth-order valence-electron chi connectivity index (χ4n) is 4.17. The van der Waals surface area contributed by atoms with Gasteiger partial charge in [0.25, 0.3) is 5.56 Å². The molecular weight excluding hydrogens is 414 g/mol. The van der Waals surface area contributed by atoms with E-state index >= 15 is 0 Å². The largest absolute Gasteiger partial charge is 0.349 e. The van der Waals surface area contributed by atoms with Gasteiger partial charge in [-0.25, -0.2) is 4.98 Å². The summed E-state index contributed by atoms with van der Waals surface area (Å²) in [6.07, 6.45) is 4.34. The molecule has 3 aromatic rings. The smallest absolute Gasteiger partial charge is 0.263 e. The van der Waals surface area contributed by atoms with Gasteiger partial charge in [0.1, 0.15) is 4.83 Å². The first-order valence-electron chi connectivity index (χ1n) is 10.5. The summed E-state index contributed by atoms with van der Waals surface area (Å²) in [5, 5.41) is 4.50. The van der Waals surface area contributed by atoms with E-state index in [0.29, 0.717) is 11.7 Å². The predicted molar refractivity (Wildman–Crippen MR) is 125 cm³/mol. The Hall–Kier alpha value is -2.12. The van der Waals surface area contributed by atoms with Gasteiger partial charge in [0, 0.05) is 11.4 Å². The number of nitrogens with zero attached hydrogens (tertiary/aromatic N) is 2. The molecule has 158 valence electrons. The van der Waals surface area contributed by atoms with E-state index in [2.05, 4.69) is 5.32 Å². The summed E-state index contributed by atoms with van der Waals surface area (Å²) in [7, 11) is 0. The Balaban J connectivity index is 1.53. The fourth-order valence-corrected chi connectivity index (χ4v) is 6.35. The second-order valence-electron chi connectivity index (χ2n) is 7.77. The Bertz CT molecular complexity index is 1150. The number of rotatable bonds is 6. The van der Waals surface area contributed by atoms with Crippen LogP contribution in [-0.4, -0.2) is 21.2 Å². The van der Waals surface area contributed by atoms with Crippen molar-refractivity contribution in [2.45, 2.75) is 64.2 Å². The molecule has 7 heteroatoms. The summed E-state index contributed by atoms with van der Waals surface area (Å²) in [5.41, 5.74) is 3.52. The molecule has 0 saturated carbocycles. The van der Waals surface area contributed by atoms with Crippen LogP contribution in [0, 0.1) is 6.92 Å². The molecule has 1 N–H and O–H groups in total. The van der Waals surface area contributed by atoms with Gasteiger partial charge in [0.15, 0.2) is 5.16 Å². The molecule has 0 radical (unpaired) electrons. The number of nitrogens with one attached hydrogen (secondary N) is 1. The summed E-state index contributed by atoms with van der Waals surface area (Å²) >= 11 is 3.00. The van der Waals surface area contributed by atoms with Crippen molar-refractivity contribution in [3.8, 4) is 0 Å². The second-order valence-corrected chi connectivity index (χ2v) is 9.80. The molecule has 1 amide bonds. The molecule has 0 bridgehead atoms. The number of thiophene rings is 1. The average molecular weight is 442 g/mol. The molecule has 0 fully saturated rings. The number of hydrogen-bond donors (Lipinski definition) is 1. The lowest BCUT2D eigenvalue weighted by atomic mass is 9.97. The van der Waals surface area contributed by atoms with E-state index in [1.165, 1.54) is 28.6 Å². The minimum absolute atomic E-state index is 0.0399. The Morgan fingerprint density at radius 1 is 1.30 bits per heavy atom. The fraction of sp³-hybridized carbons (Fsp3) is 0.435. The molecule has 0 aliphatic heterocycles. The van der Waals surface area contributed by atoms with Crippen LogP contribution in [0.1, 0.15) is 54.3 Å². The highest BCUT2D eigenvalue weighted by atomic mass is 32.2. The van der Waals surface area contributed by atoms with Gasteiger partial charge in [0.05, 0.1) is 17.2 Å². The number of aromatic nitrogens is 2. The molecule has 1 aliphatic carbocycles. The number of amides is 1. The Kier molecular flexibility index (Phi) is 6.29. The van der Waals surface area contributed by atoms with Crippen molar-refractivity contribution >= 4 is 39.2 Å². The van der Waals surface area contributed by atoms with Crippen LogP contribution in [0.4, 0.5) is 0 Å². The zero-order chi connectivity index (χ0) is 21.3. The normalized spacial score (nSPS) is 14.5. The first-order valence-corrected chi connectivity index (χ1v) is 12.3. The molecular formula is C23H27N3O2S2. The lowest BCUT2D eigenvalue weighted by Crippen LogP contribution is -2.29. The van der Waals surface area contributed by atoms with Gasteiger partial charge >= 0.3 is 0 Å². The molecule has 1 aromatic carbocycles. The van der Waals surface area contributed by atoms with E-state index in [4.69, 9.17) is 4.98 Å². The third kappa shape index (κ3) is 4.05. The van der Waals surface area contributed by atoms with Crippen LogP contribution in [0.25, 0.3) is 10.2 Å². The van der Waals surface area contributed by atoms with Crippen LogP contribution in [-0.2, 0) is 24.2 Å². The molecule has 0 spiro atoms. The summed E-state index contributed by atoms with van der Waals surface area (Å²) in [6, 6.07) is 8.01. The van der Waals surface area contributed by atoms with Gasteiger partial charge in [-0.1, -0.05) is 36.0 Å². The van der Waals surface area contributed by atoms with Crippen molar-refractivity contribution in [1.29, 1.82) is 0 Å². The van der Waals surface area contributed by atoms with Gasteiger partial charge in [0.2, 0.25) is 5.91 Å². The maximum Gasteiger partial charge on any atom is 0.263 e. The minimum Gasteiger partial charge on any atom is -0.349 e. The molecule has 1 aliphatic rings. The predicted octanol–water partition coefficient (Wildman–Crippen LogP) is 4.63. The van der Waals surface area contributed by atoms with Gasteiger partial charge < -0.3 is 5.32 Å². The third-order valence-corrected chi connectivity index (χ3v) is 7.88. The first kappa shape index (κ1) is 21.1. The van der Waals surface area contributed by atoms with Crippen molar-refractivity contribution in [1.82, 2.24) is 14.9 Å². The molecule has 30 heavy (non-hydrogen) atoms. The highest BCUT2D eigenvalue weighted by Gasteiger charge is 2.22. The monoisotopic (exact) mass is 441 g/mol. The summed E-state index contributed by atoms with van der Waals surface area (Å²) < 4.78 is 1.71. The Labute approximate surface area is 184 Å². The molecule has 0 saturated heterocycles. The number of carbonyl (C=O) groups excluding carboxylic acids is 1. The number of fused-ring (bicyclic) bond motifs is 3. The lowest BCUT2D eigenvalue weighted by Gasteiger charge is -2.17. The van der Waals surface area contributed by atoms with Crippen LogP contribution < -0.4 is 10.9 Å². The minimum atomic E-state index is -0.0628. The van der Waals surface area contributed by atoms with Gasteiger partial charge in [-0.2, -0.15) is 0 Å². The maximum absolute atomic E-state index is 13.2. The zero-order valence-electron chi connectivity index (χ0n) is 17.7. The van der Waals surface area contributed by atoms with E-state index < -0.39 is 0 Å². The topological polar surface area (TPSA) is 64.0 Å². The Morgan fingerprint density at radius 3 is 2.83 bits per heavy atom. The highest BCUT2D eigenvalue weighted by Crippen LogP contribution is 2.34. The van der Waals surface area contributed by atoms with Gasteiger partial charge in [-0.15, -0.1) is 11.3 Å². The molecule has 4 rings (SSSR count). The van der Waals surface area contributed by atoms with Crippen molar-refractivity contribution < 1.29 is 4.79 Å². The second kappa shape index (κ2) is 8.94. The summed E-state index contributed by atoms with van der Waals surface area (Å²) in [4.78, 5) is 32.7. The van der Waals surface area contributed by atoms with Crippen LogP contribution >= 0.6 is 23.1 Å². The first-order chi connectivity index (χ1) is 14.5. The average Bonchev–Trinajstić information content (AvgIpc) is 3.11. The Morgan fingerprint density at radius 2 is 2.07 bits per heavy atom. The van der Waals surface area contributed by atoms with E-state index in [1.54, 1.807) is 15.9 Å². The van der Waals surface area contributed by atoms with E-state index in [1.807, 2.05) is 45.0 Å². The van der Waals surface area contributed by atoms with Gasteiger partial charge in [-0.05, 0) is 63.1 Å². The van der Waals surface area contributed by atoms with Gasteiger partial charge in [-0.3, -0.25) is 14.2 Å². The summed E-state index contributed by atoms with van der Waals surface area (Å²) in [5.74, 6) is 0.178. The van der Waals surface area contributed by atoms with E-state index in [0.717, 1.165) is 40.6 Å². The number of carbonyl (C=O) groups is 1. The SMILES string of the molecule is CCn1c(SCC(=O)NC(C)c2ccccc2C)nc2sc3c(c2c1=O)CCCC3. The quantitative estimate of drug-likeness (QED) is 0.447. The van der Waals surface area contributed by atoms with Crippen LogP contribution in [0.3, 0.4) is 0 Å². The third-order valence-electron chi connectivity index (χ3n) is 5.72.